The first kappa shape index (κ1) is 13.6. The number of carbonyl (C=O) groups excluding carboxylic acids is 1. The quantitative estimate of drug-likeness (QED) is 0.559. The van der Waals surface area contributed by atoms with Crippen molar-refractivity contribution >= 4 is 5.97 Å². The lowest BCUT2D eigenvalue weighted by atomic mass is 10.2. The number of aryl methyl sites for hydroxylation is 1. The molecule has 0 radical (unpaired) electrons. The van der Waals surface area contributed by atoms with Gasteiger partial charge in [0.1, 0.15) is 6.61 Å². The maximum absolute atomic E-state index is 11.5. The van der Waals surface area contributed by atoms with Crippen LogP contribution in [0.5, 0.6) is 0 Å². The lowest BCUT2D eigenvalue weighted by Crippen LogP contribution is -2.11. The van der Waals surface area contributed by atoms with Gasteiger partial charge in [0.2, 0.25) is 0 Å². The topological polar surface area (TPSA) is 61.3 Å². The number of nitrogens with zero attached hydrogens (tertiary/aromatic N) is 2. The molecule has 0 N–H and O–H groups in total. The number of hydrogen-bond acceptors (Lipinski definition) is 5. The smallest absolute Gasteiger partial charge is 0.341 e. The maximum Gasteiger partial charge on any atom is 0.341 e. The Kier molecular flexibility index (Phi) is 5.56. The van der Waals surface area contributed by atoms with Crippen LogP contribution in [0.2, 0.25) is 0 Å². The highest BCUT2D eigenvalue weighted by Gasteiger charge is 2.12. The first-order chi connectivity index (χ1) is 8.19. The van der Waals surface area contributed by atoms with Crippen molar-refractivity contribution in [1.29, 1.82) is 0 Å². The number of ether oxygens (including phenoxy) is 2. The van der Waals surface area contributed by atoms with E-state index in [0.29, 0.717) is 36.9 Å². The Morgan fingerprint density at radius 2 is 2.18 bits per heavy atom. The molecule has 1 rings (SSSR count). The van der Waals surface area contributed by atoms with E-state index in [-0.39, 0.29) is 5.97 Å². The summed E-state index contributed by atoms with van der Waals surface area (Å²) in [6.45, 7) is 6.97. The van der Waals surface area contributed by atoms with Gasteiger partial charge in [0, 0.05) is 12.8 Å². The van der Waals surface area contributed by atoms with Crippen molar-refractivity contribution in [2.75, 3.05) is 13.2 Å². The van der Waals surface area contributed by atoms with Crippen LogP contribution in [0.1, 0.15) is 42.1 Å². The molecular weight excluding hydrogens is 220 g/mol. The van der Waals surface area contributed by atoms with Gasteiger partial charge in [-0.25, -0.2) is 14.8 Å². The zero-order chi connectivity index (χ0) is 12.7. The molecular formula is C12H18N2O3. The molecule has 94 valence electrons. The van der Waals surface area contributed by atoms with Crippen LogP contribution in [-0.2, 0) is 16.1 Å². The molecule has 5 nitrogen and oxygen atoms in total. The minimum Gasteiger partial charge on any atom is -0.462 e. The second-order valence-corrected chi connectivity index (χ2v) is 3.56. The fourth-order valence-electron chi connectivity index (χ4n) is 1.30. The Bertz CT molecular complexity index is 380. The second kappa shape index (κ2) is 6.96. The van der Waals surface area contributed by atoms with Gasteiger partial charge in [-0.15, -0.1) is 0 Å². The van der Waals surface area contributed by atoms with Crippen LogP contribution in [0.25, 0.3) is 0 Å². The number of hydrogen-bond donors (Lipinski definition) is 0. The van der Waals surface area contributed by atoms with Crippen molar-refractivity contribution in [1.82, 2.24) is 9.97 Å². The van der Waals surface area contributed by atoms with Crippen molar-refractivity contribution in [3.8, 4) is 0 Å². The molecule has 0 aliphatic rings. The molecule has 0 fully saturated rings. The van der Waals surface area contributed by atoms with Gasteiger partial charge in [0.15, 0.2) is 5.82 Å². The third-order valence-electron chi connectivity index (χ3n) is 2.10. The van der Waals surface area contributed by atoms with Gasteiger partial charge >= 0.3 is 5.97 Å². The van der Waals surface area contributed by atoms with E-state index in [0.717, 1.165) is 6.42 Å². The minimum atomic E-state index is -0.383. The minimum absolute atomic E-state index is 0.347. The van der Waals surface area contributed by atoms with E-state index < -0.39 is 0 Å². The molecule has 1 aromatic heterocycles. The average Bonchev–Trinajstić information content (AvgIpc) is 2.29. The summed E-state index contributed by atoms with van der Waals surface area (Å²) in [5, 5.41) is 0. The number of aromatic nitrogens is 2. The van der Waals surface area contributed by atoms with E-state index in [1.807, 2.05) is 6.92 Å². The Hall–Kier alpha value is -1.49. The molecule has 0 amide bonds. The summed E-state index contributed by atoms with van der Waals surface area (Å²) in [7, 11) is 0. The van der Waals surface area contributed by atoms with E-state index in [1.54, 1.807) is 13.8 Å². The van der Waals surface area contributed by atoms with E-state index in [4.69, 9.17) is 9.47 Å². The molecule has 5 heteroatoms. The Morgan fingerprint density at radius 3 is 2.76 bits per heavy atom. The lowest BCUT2D eigenvalue weighted by molar-refractivity contribution is 0.0524. The Balaban J connectivity index is 2.68. The van der Waals surface area contributed by atoms with Gasteiger partial charge in [0.05, 0.1) is 17.9 Å². The molecule has 0 aliphatic heterocycles. The summed E-state index contributed by atoms with van der Waals surface area (Å²) in [5.41, 5.74) is 1.03. The van der Waals surface area contributed by atoms with Crippen LogP contribution >= 0.6 is 0 Å². The fourth-order valence-corrected chi connectivity index (χ4v) is 1.30. The van der Waals surface area contributed by atoms with Crippen LogP contribution in [0.15, 0.2) is 6.20 Å². The highest BCUT2D eigenvalue weighted by molar-refractivity contribution is 5.90. The van der Waals surface area contributed by atoms with Crippen LogP contribution in [0.3, 0.4) is 0 Å². The Labute approximate surface area is 101 Å². The molecule has 0 spiro atoms. The van der Waals surface area contributed by atoms with E-state index >= 15 is 0 Å². The summed E-state index contributed by atoms with van der Waals surface area (Å²) in [4.78, 5) is 19.8. The van der Waals surface area contributed by atoms with Crippen molar-refractivity contribution < 1.29 is 14.3 Å². The summed E-state index contributed by atoms with van der Waals surface area (Å²) < 4.78 is 10.2. The predicted molar refractivity (Wildman–Crippen MR) is 62.7 cm³/mol. The predicted octanol–water partition coefficient (Wildman–Crippen LogP) is 1.89. The molecule has 17 heavy (non-hydrogen) atoms. The molecule has 0 unspecified atom stereocenters. The number of esters is 1. The summed E-state index contributed by atoms with van der Waals surface area (Å²) in [6, 6.07) is 0. The van der Waals surface area contributed by atoms with Gasteiger partial charge in [-0.05, 0) is 20.3 Å². The molecule has 0 aromatic carbocycles. The summed E-state index contributed by atoms with van der Waals surface area (Å²) in [6.07, 6.45) is 2.45. The summed E-state index contributed by atoms with van der Waals surface area (Å²) in [5.74, 6) is 0.204. The largest absolute Gasteiger partial charge is 0.462 e. The van der Waals surface area contributed by atoms with Crippen molar-refractivity contribution in [3.05, 3.63) is 23.3 Å². The maximum atomic E-state index is 11.5. The van der Waals surface area contributed by atoms with Crippen LogP contribution in [0, 0.1) is 6.92 Å². The van der Waals surface area contributed by atoms with Gasteiger partial charge in [-0.2, -0.15) is 0 Å². The molecule has 1 aromatic rings. The highest BCUT2D eigenvalue weighted by atomic mass is 16.5. The number of carbonyl (C=O) groups is 1. The lowest BCUT2D eigenvalue weighted by Gasteiger charge is -2.06. The Morgan fingerprint density at radius 1 is 1.41 bits per heavy atom. The SMILES string of the molecule is CCCOCc1ncc(C(=O)OCC)c(C)n1. The first-order valence-electron chi connectivity index (χ1n) is 5.76. The molecule has 0 atom stereocenters. The average molecular weight is 238 g/mol. The number of rotatable bonds is 6. The van der Waals surface area contributed by atoms with E-state index in [9.17, 15) is 4.79 Å². The standard InChI is InChI=1S/C12H18N2O3/c1-4-6-16-8-11-13-7-10(9(3)14-11)12(15)17-5-2/h7H,4-6,8H2,1-3H3. The van der Waals surface area contributed by atoms with Crippen molar-refractivity contribution in [2.24, 2.45) is 0 Å². The summed E-state index contributed by atoms with van der Waals surface area (Å²) >= 11 is 0. The second-order valence-electron chi connectivity index (χ2n) is 3.56. The van der Waals surface area contributed by atoms with E-state index in [2.05, 4.69) is 9.97 Å². The molecule has 0 saturated heterocycles. The van der Waals surface area contributed by atoms with Gasteiger partial charge in [-0.1, -0.05) is 6.92 Å². The van der Waals surface area contributed by atoms with Crippen molar-refractivity contribution in [3.63, 3.8) is 0 Å². The molecule has 0 bridgehead atoms. The molecule has 1 heterocycles. The van der Waals surface area contributed by atoms with Gasteiger partial charge < -0.3 is 9.47 Å². The first-order valence-corrected chi connectivity index (χ1v) is 5.76. The fraction of sp³-hybridized carbons (Fsp3) is 0.583. The van der Waals surface area contributed by atoms with Crippen LogP contribution in [-0.4, -0.2) is 29.2 Å². The molecule has 0 aliphatic carbocycles. The third kappa shape index (κ3) is 4.11. The highest BCUT2D eigenvalue weighted by Crippen LogP contribution is 2.06. The monoisotopic (exact) mass is 238 g/mol. The van der Waals surface area contributed by atoms with Crippen molar-refractivity contribution in [2.45, 2.75) is 33.8 Å². The zero-order valence-electron chi connectivity index (χ0n) is 10.5. The normalized spacial score (nSPS) is 10.3. The van der Waals surface area contributed by atoms with E-state index in [1.165, 1.54) is 6.20 Å². The molecule has 0 saturated carbocycles. The zero-order valence-corrected chi connectivity index (χ0v) is 10.5. The van der Waals surface area contributed by atoms with Crippen LogP contribution < -0.4 is 0 Å². The van der Waals surface area contributed by atoms with Crippen LogP contribution in [0.4, 0.5) is 0 Å². The third-order valence-corrected chi connectivity index (χ3v) is 2.10. The van der Waals surface area contributed by atoms with Gasteiger partial charge in [-0.3, -0.25) is 0 Å². The van der Waals surface area contributed by atoms with Gasteiger partial charge in [0.25, 0.3) is 0 Å².